The molecule has 0 unspecified atom stereocenters. The summed E-state index contributed by atoms with van der Waals surface area (Å²) in [5.41, 5.74) is 0. The first-order valence-electron chi connectivity index (χ1n) is 5.59. The van der Waals surface area contributed by atoms with Gasteiger partial charge in [0.15, 0.2) is 8.32 Å². The van der Waals surface area contributed by atoms with Gasteiger partial charge in [0.2, 0.25) is 5.88 Å². The molecule has 1 aromatic heterocycles. The van der Waals surface area contributed by atoms with E-state index in [2.05, 4.69) is 44.1 Å². The van der Waals surface area contributed by atoms with Crippen LogP contribution in [-0.4, -0.2) is 31.7 Å². The lowest BCUT2D eigenvalue weighted by atomic mass is 10.2. The Morgan fingerprint density at radius 2 is 2.00 bits per heavy atom. The number of rotatable bonds is 5. The zero-order chi connectivity index (χ0) is 12.2. The molecule has 0 aromatic carbocycles. The topological polar surface area (TPSA) is 47.1 Å². The molecule has 1 heterocycles. The molecular formula is C11H22N2O2Si. The van der Waals surface area contributed by atoms with Crippen LogP contribution < -0.4 is 4.74 Å². The van der Waals surface area contributed by atoms with Gasteiger partial charge in [0.25, 0.3) is 0 Å². The Morgan fingerprint density at radius 3 is 2.50 bits per heavy atom. The van der Waals surface area contributed by atoms with Gasteiger partial charge < -0.3 is 9.16 Å². The maximum absolute atomic E-state index is 5.97. The van der Waals surface area contributed by atoms with E-state index in [1.54, 1.807) is 12.3 Å². The number of nitrogens with one attached hydrogen (secondary N) is 1. The molecule has 0 radical (unpaired) electrons. The summed E-state index contributed by atoms with van der Waals surface area (Å²) in [7, 11) is -1.64. The Bertz CT molecular complexity index is 304. The van der Waals surface area contributed by atoms with Gasteiger partial charge in [0.05, 0.1) is 6.61 Å². The lowest BCUT2D eigenvalue weighted by Gasteiger charge is -2.36. The molecule has 0 aliphatic heterocycles. The zero-order valence-corrected chi connectivity index (χ0v) is 11.8. The quantitative estimate of drug-likeness (QED) is 0.638. The van der Waals surface area contributed by atoms with E-state index in [-0.39, 0.29) is 5.04 Å². The number of H-pyrrole nitrogens is 1. The van der Waals surface area contributed by atoms with Crippen molar-refractivity contribution in [1.82, 2.24) is 10.2 Å². The van der Waals surface area contributed by atoms with Crippen molar-refractivity contribution in [2.45, 2.75) is 38.9 Å². The van der Waals surface area contributed by atoms with Gasteiger partial charge in [-0.25, -0.2) is 0 Å². The van der Waals surface area contributed by atoms with Crippen molar-refractivity contribution < 1.29 is 9.16 Å². The molecule has 0 aliphatic carbocycles. The molecule has 0 fully saturated rings. The lowest BCUT2D eigenvalue weighted by Crippen LogP contribution is -2.41. The third-order valence-electron chi connectivity index (χ3n) is 3.08. The predicted octanol–water partition coefficient (Wildman–Crippen LogP) is 2.81. The van der Waals surface area contributed by atoms with Crippen molar-refractivity contribution in [1.29, 1.82) is 0 Å². The molecule has 92 valence electrons. The Kier molecular flexibility index (Phi) is 4.15. The van der Waals surface area contributed by atoms with Crippen molar-refractivity contribution in [3.63, 3.8) is 0 Å². The molecule has 1 N–H and O–H groups in total. The maximum atomic E-state index is 5.97. The van der Waals surface area contributed by atoms with Gasteiger partial charge >= 0.3 is 0 Å². The van der Waals surface area contributed by atoms with Crippen LogP contribution in [0.4, 0.5) is 0 Å². The highest BCUT2D eigenvalue weighted by Gasteiger charge is 2.36. The molecule has 5 heteroatoms. The molecular weight excluding hydrogens is 220 g/mol. The first-order chi connectivity index (χ1) is 7.33. The SMILES string of the molecule is CC(C)(C)[Si](C)(C)OCCOc1cc[nH]n1. The molecule has 0 amide bonds. The first-order valence-corrected chi connectivity index (χ1v) is 8.50. The van der Waals surface area contributed by atoms with Gasteiger partial charge in [0, 0.05) is 12.3 Å². The summed E-state index contributed by atoms with van der Waals surface area (Å²) in [6, 6.07) is 1.80. The number of aromatic nitrogens is 2. The molecule has 0 saturated heterocycles. The minimum Gasteiger partial charge on any atom is -0.474 e. The first kappa shape index (κ1) is 13.3. The van der Waals surface area contributed by atoms with Crippen molar-refractivity contribution >= 4 is 8.32 Å². The van der Waals surface area contributed by atoms with E-state index < -0.39 is 8.32 Å². The molecule has 1 rings (SSSR count). The Morgan fingerprint density at radius 1 is 1.31 bits per heavy atom. The van der Waals surface area contributed by atoms with E-state index >= 15 is 0 Å². The van der Waals surface area contributed by atoms with E-state index in [9.17, 15) is 0 Å². The van der Waals surface area contributed by atoms with Gasteiger partial charge in [-0.1, -0.05) is 20.8 Å². The summed E-state index contributed by atoms with van der Waals surface area (Å²) in [4.78, 5) is 0. The normalized spacial score (nSPS) is 12.8. The average molecular weight is 242 g/mol. The van der Waals surface area contributed by atoms with Gasteiger partial charge in [-0.15, -0.1) is 5.10 Å². The third-order valence-corrected chi connectivity index (χ3v) is 7.62. The summed E-state index contributed by atoms with van der Waals surface area (Å²) in [5.74, 6) is 0.624. The summed E-state index contributed by atoms with van der Waals surface area (Å²) >= 11 is 0. The number of nitrogens with zero attached hydrogens (tertiary/aromatic N) is 1. The Balaban J connectivity index is 2.25. The second kappa shape index (κ2) is 5.01. The van der Waals surface area contributed by atoms with Crippen molar-refractivity contribution in [3.05, 3.63) is 12.3 Å². The van der Waals surface area contributed by atoms with Crippen LogP contribution in [0.15, 0.2) is 12.3 Å². The minimum atomic E-state index is -1.64. The van der Waals surface area contributed by atoms with Crippen LogP contribution in [0.1, 0.15) is 20.8 Å². The van der Waals surface area contributed by atoms with E-state index in [1.807, 2.05) is 0 Å². The monoisotopic (exact) mass is 242 g/mol. The Hall–Kier alpha value is -0.813. The summed E-state index contributed by atoms with van der Waals surface area (Å²) in [5, 5.41) is 6.86. The molecule has 0 bridgehead atoms. The molecule has 0 saturated carbocycles. The van der Waals surface area contributed by atoms with Gasteiger partial charge in [-0.3, -0.25) is 5.10 Å². The maximum Gasteiger partial charge on any atom is 0.232 e. The second-order valence-corrected chi connectivity index (χ2v) is 10.2. The van der Waals surface area contributed by atoms with E-state index in [0.717, 1.165) is 0 Å². The number of hydrogen-bond acceptors (Lipinski definition) is 3. The molecule has 1 aromatic rings. The standard InChI is InChI=1S/C11H22N2O2Si/c1-11(2,3)16(4,5)15-9-8-14-10-6-7-12-13-10/h6-7H,8-9H2,1-5H3,(H,12,13). The van der Waals surface area contributed by atoms with E-state index in [4.69, 9.17) is 9.16 Å². The Labute approximate surface area is 98.5 Å². The molecule has 0 aliphatic rings. The number of hydrogen-bond donors (Lipinski definition) is 1. The minimum absolute atomic E-state index is 0.249. The van der Waals surface area contributed by atoms with Crippen LogP contribution in [0.3, 0.4) is 0 Å². The van der Waals surface area contributed by atoms with Crippen molar-refractivity contribution in [2.24, 2.45) is 0 Å². The van der Waals surface area contributed by atoms with Crippen LogP contribution in [-0.2, 0) is 4.43 Å². The highest BCUT2D eigenvalue weighted by Crippen LogP contribution is 2.36. The highest BCUT2D eigenvalue weighted by molar-refractivity contribution is 6.74. The van der Waals surface area contributed by atoms with Crippen molar-refractivity contribution in [2.75, 3.05) is 13.2 Å². The number of aromatic amines is 1. The lowest BCUT2D eigenvalue weighted by molar-refractivity contribution is 0.199. The zero-order valence-electron chi connectivity index (χ0n) is 10.8. The van der Waals surface area contributed by atoms with Crippen molar-refractivity contribution in [3.8, 4) is 5.88 Å². The van der Waals surface area contributed by atoms with Gasteiger partial charge in [-0.2, -0.15) is 0 Å². The van der Waals surface area contributed by atoms with Crippen LogP contribution in [0, 0.1) is 0 Å². The average Bonchev–Trinajstić information content (AvgIpc) is 2.63. The smallest absolute Gasteiger partial charge is 0.232 e. The fourth-order valence-corrected chi connectivity index (χ4v) is 2.01. The summed E-state index contributed by atoms with van der Waals surface area (Å²) in [6.07, 6.45) is 1.74. The van der Waals surface area contributed by atoms with Gasteiger partial charge in [0.1, 0.15) is 6.61 Å². The molecule has 0 spiro atoms. The van der Waals surface area contributed by atoms with Crippen LogP contribution in [0.2, 0.25) is 18.1 Å². The fraction of sp³-hybridized carbons (Fsp3) is 0.727. The largest absolute Gasteiger partial charge is 0.474 e. The second-order valence-electron chi connectivity index (χ2n) is 5.37. The van der Waals surface area contributed by atoms with Gasteiger partial charge in [-0.05, 0) is 18.1 Å². The molecule has 4 nitrogen and oxygen atoms in total. The van der Waals surface area contributed by atoms with E-state index in [1.165, 1.54) is 0 Å². The van der Waals surface area contributed by atoms with Crippen LogP contribution in [0.25, 0.3) is 0 Å². The fourth-order valence-electron chi connectivity index (χ4n) is 0.987. The summed E-state index contributed by atoms with van der Waals surface area (Å²) < 4.78 is 11.4. The van der Waals surface area contributed by atoms with E-state index in [0.29, 0.717) is 19.1 Å². The highest BCUT2D eigenvalue weighted by atomic mass is 28.4. The predicted molar refractivity (Wildman–Crippen MR) is 67.2 cm³/mol. The van der Waals surface area contributed by atoms with Crippen LogP contribution >= 0.6 is 0 Å². The third kappa shape index (κ3) is 3.64. The van der Waals surface area contributed by atoms with Crippen LogP contribution in [0.5, 0.6) is 5.88 Å². The molecule has 16 heavy (non-hydrogen) atoms. The molecule has 0 atom stereocenters. The summed E-state index contributed by atoms with van der Waals surface area (Å²) in [6.45, 7) is 12.3. The number of ether oxygens (including phenoxy) is 1.